The van der Waals surface area contributed by atoms with Gasteiger partial charge < -0.3 is 11.5 Å². The van der Waals surface area contributed by atoms with Crippen molar-refractivity contribution in [3.63, 3.8) is 0 Å². The van der Waals surface area contributed by atoms with E-state index in [1.807, 2.05) is 0 Å². The number of amides is 2. The third kappa shape index (κ3) is 13.2. The first kappa shape index (κ1) is 13.7. The maximum atomic E-state index is 10.1. The minimum atomic E-state index is -0.426. The first-order valence-electron chi connectivity index (χ1n) is 2.47. The van der Waals surface area contributed by atoms with Crippen LogP contribution in [0.4, 0.5) is 9.59 Å². The van der Waals surface area contributed by atoms with E-state index in [4.69, 9.17) is 11.5 Å². The third-order valence-corrected chi connectivity index (χ3v) is 2.22. The van der Waals surface area contributed by atoms with E-state index >= 15 is 0 Å². The Morgan fingerprint density at radius 2 is 1.27 bits per heavy atom. The molecule has 4 N–H and O–H groups in total. The second-order valence-corrected chi connectivity index (χ2v) is 3.53. The molecule has 0 aliphatic rings. The first-order valence-corrected chi connectivity index (χ1v) is 4.44. The van der Waals surface area contributed by atoms with Crippen LogP contribution in [0, 0.1) is 0 Å². The van der Waals surface area contributed by atoms with Crippen molar-refractivity contribution in [1.82, 2.24) is 0 Å². The molecule has 0 unspecified atom stereocenters. The van der Waals surface area contributed by atoms with Crippen LogP contribution >= 0.6 is 23.5 Å². The van der Waals surface area contributed by atoms with E-state index in [1.165, 1.54) is 0 Å². The Morgan fingerprint density at radius 1 is 1.00 bits per heavy atom. The molecule has 0 aromatic carbocycles. The van der Waals surface area contributed by atoms with Crippen molar-refractivity contribution in [1.29, 1.82) is 0 Å². The number of carbonyl (C=O) groups excluding carboxylic acids is 2. The molecule has 1 radical (unpaired) electrons. The van der Waals surface area contributed by atoms with Crippen LogP contribution in [0.1, 0.15) is 0 Å². The van der Waals surface area contributed by atoms with Crippen molar-refractivity contribution in [2.75, 3.05) is 11.5 Å². The van der Waals surface area contributed by atoms with Gasteiger partial charge in [-0.25, -0.2) is 0 Å². The maximum Gasteiger partial charge on any atom is 0.276 e. The predicted octanol–water partition coefficient (Wildman–Crippen LogP) is 0.608. The molecule has 0 fully saturated rings. The van der Waals surface area contributed by atoms with Gasteiger partial charge in [-0.1, -0.05) is 23.5 Å². The Kier molecular flexibility index (Phi) is 10.3. The summed E-state index contributed by atoms with van der Waals surface area (Å²) >= 11 is 1.97. The van der Waals surface area contributed by atoms with Gasteiger partial charge in [-0.05, 0) is 0 Å². The molecule has 0 aromatic heterocycles. The van der Waals surface area contributed by atoms with Crippen molar-refractivity contribution in [3.8, 4) is 0 Å². The zero-order chi connectivity index (χ0) is 7.98. The van der Waals surface area contributed by atoms with Crippen molar-refractivity contribution < 1.29 is 26.7 Å². The molecular weight excluding hydrogens is 227 g/mol. The van der Waals surface area contributed by atoms with Gasteiger partial charge in [0.05, 0.1) is 0 Å². The minimum absolute atomic E-state index is 0. The summed E-state index contributed by atoms with van der Waals surface area (Å²) in [5.74, 6) is 1.06. The topological polar surface area (TPSA) is 86.2 Å². The zero-order valence-electron chi connectivity index (χ0n) is 5.58. The average molecular weight is 235 g/mol. The largest absolute Gasteiger partial charge is 0.361 e. The van der Waals surface area contributed by atoms with Gasteiger partial charge in [0.1, 0.15) is 0 Å². The van der Waals surface area contributed by atoms with E-state index in [0.717, 1.165) is 23.5 Å². The Hall–Kier alpha value is 0.159. The molecule has 11 heavy (non-hydrogen) atoms. The summed E-state index contributed by atoms with van der Waals surface area (Å²) < 4.78 is 0. The smallest absolute Gasteiger partial charge is 0.276 e. The Bertz CT molecular complexity index is 128. The van der Waals surface area contributed by atoms with Gasteiger partial charge >= 0.3 is 0 Å². The molecule has 65 valence electrons. The standard InChI is InChI=1S/C4H8N2O2S2.Mn/c5-3(7)9-1-2-10-4(6)8;/h1-2H2,(H2,5,7)(H2,6,8);. The molecule has 7 heteroatoms. The molecular formula is C4H8MnN2O2S2. The summed E-state index contributed by atoms with van der Waals surface area (Å²) in [6, 6.07) is 0. The summed E-state index contributed by atoms with van der Waals surface area (Å²) in [6.45, 7) is 0. The van der Waals surface area contributed by atoms with Crippen LogP contribution in [0.2, 0.25) is 0 Å². The summed E-state index contributed by atoms with van der Waals surface area (Å²) in [5.41, 5.74) is 9.62. The number of primary amides is 2. The SMILES string of the molecule is NC(=O)SCCSC(N)=O.[Mn]. The average Bonchev–Trinajstić information content (AvgIpc) is 1.79. The molecule has 0 bridgehead atoms. The third-order valence-electron chi connectivity index (χ3n) is 0.572. The zero-order valence-corrected chi connectivity index (χ0v) is 8.39. The molecule has 0 rings (SSSR count). The monoisotopic (exact) mass is 235 g/mol. The van der Waals surface area contributed by atoms with Crippen LogP contribution in [-0.2, 0) is 17.1 Å². The molecule has 2 amide bonds. The molecule has 4 nitrogen and oxygen atoms in total. The van der Waals surface area contributed by atoms with Gasteiger partial charge in [0.25, 0.3) is 10.5 Å². The summed E-state index contributed by atoms with van der Waals surface area (Å²) in [7, 11) is 0. The molecule has 0 aliphatic heterocycles. The van der Waals surface area contributed by atoms with Gasteiger partial charge in [0.2, 0.25) is 0 Å². The van der Waals surface area contributed by atoms with Crippen molar-refractivity contribution >= 4 is 34.0 Å². The number of hydrogen-bond acceptors (Lipinski definition) is 4. The Morgan fingerprint density at radius 3 is 1.45 bits per heavy atom. The summed E-state index contributed by atoms with van der Waals surface area (Å²) in [5, 5.41) is -0.852. The van der Waals surface area contributed by atoms with Crippen LogP contribution < -0.4 is 11.5 Å². The fraction of sp³-hybridized carbons (Fsp3) is 0.500. The van der Waals surface area contributed by atoms with Crippen molar-refractivity contribution in [3.05, 3.63) is 0 Å². The summed E-state index contributed by atoms with van der Waals surface area (Å²) in [4.78, 5) is 20.2. The van der Waals surface area contributed by atoms with E-state index in [2.05, 4.69) is 0 Å². The van der Waals surface area contributed by atoms with Crippen molar-refractivity contribution in [2.24, 2.45) is 11.5 Å². The van der Waals surface area contributed by atoms with Crippen LogP contribution in [0.3, 0.4) is 0 Å². The molecule has 0 saturated heterocycles. The fourth-order valence-corrected chi connectivity index (χ4v) is 1.35. The molecule has 0 aliphatic carbocycles. The Balaban J connectivity index is 0. The number of nitrogens with two attached hydrogens (primary N) is 2. The molecule has 0 spiro atoms. The number of rotatable bonds is 3. The van der Waals surface area contributed by atoms with Crippen LogP contribution in [0.5, 0.6) is 0 Å². The van der Waals surface area contributed by atoms with Gasteiger partial charge in [0.15, 0.2) is 0 Å². The van der Waals surface area contributed by atoms with Gasteiger partial charge in [-0.2, -0.15) is 0 Å². The van der Waals surface area contributed by atoms with Gasteiger partial charge in [-0.3, -0.25) is 9.59 Å². The predicted molar refractivity (Wildman–Crippen MR) is 44.1 cm³/mol. The van der Waals surface area contributed by atoms with Crippen LogP contribution in [-0.4, -0.2) is 22.0 Å². The van der Waals surface area contributed by atoms with Gasteiger partial charge in [0, 0.05) is 28.6 Å². The van der Waals surface area contributed by atoms with E-state index in [1.54, 1.807) is 0 Å². The molecule has 0 atom stereocenters. The molecule has 0 aromatic rings. The van der Waals surface area contributed by atoms with Crippen molar-refractivity contribution in [2.45, 2.75) is 0 Å². The maximum absolute atomic E-state index is 10.1. The second kappa shape index (κ2) is 8.26. The van der Waals surface area contributed by atoms with Gasteiger partial charge in [-0.15, -0.1) is 0 Å². The number of thioether (sulfide) groups is 2. The van der Waals surface area contributed by atoms with Crippen LogP contribution in [0.15, 0.2) is 0 Å². The second-order valence-electron chi connectivity index (χ2n) is 1.33. The van der Waals surface area contributed by atoms with E-state index in [0.29, 0.717) is 11.5 Å². The number of hydrogen-bond donors (Lipinski definition) is 2. The molecule has 0 saturated carbocycles. The molecule has 0 heterocycles. The fourth-order valence-electron chi connectivity index (χ4n) is 0.285. The number of carbonyl (C=O) groups is 2. The van der Waals surface area contributed by atoms with Crippen LogP contribution in [0.25, 0.3) is 0 Å². The van der Waals surface area contributed by atoms with E-state index in [9.17, 15) is 9.59 Å². The first-order chi connectivity index (χ1) is 4.63. The van der Waals surface area contributed by atoms with E-state index in [-0.39, 0.29) is 17.1 Å². The normalized spacial score (nSPS) is 8.36. The van der Waals surface area contributed by atoms with E-state index < -0.39 is 10.5 Å². The Labute approximate surface area is 83.7 Å². The minimum Gasteiger partial charge on any atom is -0.361 e. The quantitative estimate of drug-likeness (QED) is 0.554. The summed E-state index contributed by atoms with van der Waals surface area (Å²) in [6.07, 6.45) is 0.